The number of piperidine rings is 1. The highest BCUT2D eigenvalue weighted by molar-refractivity contribution is 5.55. The maximum Gasteiger partial charge on any atom is 0.169 e. The van der Waals surface area contributed by atoms with Gasteiger partial charge < -0.3 is 19.9 Å². The minimum Gasteiger partial charge on any atom is -0.505 e. The summed E-state index contributed by atoms with van der Waals surface area (Å²) < 4.78 is 24.7. The number of halogens is 1. The first-order chi connectivity index (χ1) is 9.25. The first-order valence-electron chi connectivity index (χ1n) is 6.76. The summed E-state index contributed by atoms with van der Waals surface area (Å²) in [7, 11) is 0. The molecule has 0 unspecified atom stereocenters. The molecule has 1 aromatic rings. The predicted molar refractivity (Wildman–Crippen MR) is 68.4 cm³/mol. The molecule has 2 N–H and O–H groups in total. The van der Waals surface area contributed by atoms with Gasteiger partial charge in [-0.25, -0.2) is 4.39 Å². The zero-order valence-electron chi connectivity index (χ0n) is 10.7. The van der Waals surface area contributed by atoms with Gasteiger partial charge in [0.1, 0.15) is 13.2 Å². The Hall–Kier alpha value is -1.49. The van der Waals surface area contributed by atoms with Crippen LogP contribution in [0.2, 0.25) is 0 Å². The van der Waals surface area contributed by atoms with Crippen LogP contribution in [0.5, 0.6) is 17.2 Å². The molecule has 0 amide bonds. The van der Waals surface area contributed by atoms with Crippen molar-refractivity contribution in [3.63, 3.8) is 0 Å². The zero-order valence-corrected chi connectivity index (χ0v) is 10.7. The summed E-state index contributed by atoms with van der Waals surface area (Å²) in [4.78, 5) is 0. The second kappa shape index (κ2) is 5.25. The van der Waals surface area contributed by atoms with Crippen LogP contribution in [0.1, 0.15) is 18.4 Å². The summed E-state index contributed by atoms with van der Waals surface area (Å²) in [6.45, 7) is 2.81. The average molecular weight is 267 g/mol. The molecule has 0 aromatic heterocycles. The Morgan fingerprint density at radius 3 is 2.79 bits per heavy atom. The van der Waals surface area contributed by atoms with E-state index in [-0.39, 0.29) is 5.75 Å². The lowest BCUT2D eigenvalue weighted by molar-refractivity contribution is 0.166. The van der Waals surface area contributed by atoms with Crippen LogP contribution in [0.15, 0.2) is 6.07 Å². The Bertz CT molecular complexity index is 472. The summed E-state index contributed by atoms with van der Waals surface area (Å²) in [5.41, 5.74) is 0.557. The van der Waals surface area contributed by atoms with Crippen molar-refractivity contribution >= 4 is 0 Å². The maximum absolute atomic E-state index is 13.7. The first-order valence-corrected chi connectivity index (χ1v) is 6.76. The molecule has 1 fully saturated rings. The molecule has 4 nitrogen and oxygen atoms in total. The lowest BCUT2D eigenvalue weighted by Crippen LogP contribution is -2.29. The molecule has 2 aliphatic rings. The number of hydrogen-bond acceptors (Lipinski definition) is 4. The summed E-state index contributed by atoms with van der Waals surface area (Å²) in [6.07, 6.45) is 2.70. The fourth-order valence-corrected chi connectivity index (χ4v) is 2.77. The largest absolute Gasteiger partial charge is 0.505 e. The lowest BCUT2D eigenvalue weighted by atomic mass is 9.90. The molecular weight excluding hydrogens is 249 g/mol. The van der Waals surface area contributed by atoms with Crippen molar-refractivity contribution in [2.24, 2.45) is 5.92 Å². The molecule has 0 aliphatic carbocycles. The van der Waals surface area contributed by atoms with Crippen LogP contribution in [0, 0.1) is 11.7 Å². The van der Waals surface area contributed by atoms with Gasteiger partial charge in [0, 0.05) is 11.6 Å². The Kier molecular flexibility index (Phi) is 3.46. The maximum atomic E-state index is 13.7. The van der Waals surface area contributed by atoms with Crippen molar-refractivity contribution in [2.75, 3.05) is 26.3 Å². The Morgan fingerprint density at radius 1 is 1.26 bits per heavy atom. The topological polar surface area (TPSA) is 50.7 Å². The van der Waals surface area contributed by atoms with Crippen LogP contribution >= 0.6 is 0 Å². The molecule has 5 heteroatoms. The monoisotopic (exact) mass is 267 g/mol. The van der Waals surface area contributed by atoms with Gasteiger partial charge in [-0.05, 0) is 38.3 Å². The van der Waals surface area contributed by atoms with Gasteiger partial charge in [0.15, 0.2) is 23.1 Å². The lowest BCUT2D eigenvalue weighted by Gasteiger charge is -2.26. The number of fused-ring (bicyclic) bond motifs is 1. The summed E-state index contributed by atoms with van der Waals surface area (Å²) in [5, 5.41) is 13.3. The van der Waals surface area contributed by atoms with Crippen molar-refractivity contribution in [3.05, 3.63) is 17.4 Å². The molecule has 0 radical (unpaired) electrons. The predicted octanol–water partition coefficient (Wildman–Crippen LogP) is 1.84. The van der Waals surface area contributed by atoms with E-state index in [0.29, 0.717) is 42.6 Å². The zero-order chi connectivity index (χ0) is 13.2. The molecule has 1 aromatic carbocycles. The molecule has 2 aliphatic heterocycles. The van der Waals surface area contributed by atoms with Gasteiger partial charge >= 0.3 is 0 Å². The first kappa shape index (κ1) is 12.5. The van der Waals surface area contributed by atoms with E-state index in [0.717, 1.165) is 25.9 Å². The highest BCUT2D eigenvalue weighted by Crippen LogP contribution is 2.42. The smallest absolute Gasteiger partial charge is 0.169 e. The van der Waals surface area contributed by atoms with Gasteiger partial charge in [-0.15, -0.1) is 0 Å². The number of benzene rings is 1. The van der Waals surface area contributed by atoms with Gasteiger partial charge in [-0.2, -0.15) is 0 Å². The SMILES string of the molecule is Oc1c(F)cc2c(c1CC1CCNCC1)OCCO2. The van der Waals surface area contributed by atoms with Crippen molar-refractivity contribution < 1.29 is 19.0 Å². The van der Waals surface area contributed by atoms with E-state index in [1.807, 2.05) is 0 Å². The highest BCUT2D eigenvalue weighted by atomic mass is 19.1. The summed E-state index contributed by atoms with van der Waals surface area (Å²) >= 11 is 0. The quantitative estimate of drug-likeness (QED) is 0.858. The Morgan fingerprint density at radius 2 is 2.00 bits per heavy atom. The highest BCUT2D eigenvalue weighted by Gasteiger charge is 2.25. The summed E-state index contributed by atoms with van der Waals surface area (Å²) in [6, 6.07) is 1.20. The van der Waals surface area contributed by atoms with Crippen LogP contribution in [-0.2, 0) is 6.42 Å². The average Bonchev–Trinajstić information content (AvgIpc) is 2.45. The number of hydrogen-bond donors (Lipinski definition) is 2. The van der Waals surface area contributed by atoms with Gasteiger partial charge in [0.2, 0.25) is 0 Å². The molecule has 1 saturated heterocycles. The number of phenolic OH excluding ortho intramolecular Hbond substituents is 1. The van der Waals surface area contributed by atoms with Crippen LogP contribution in [-0.4, -0.2) is 31.4 Å². The van der Waals surface area contributed by atoms with Gasteiger partial charge in [0.05, 0.1) is 0 Å². The number of rotatable bonds is 2. The number of aromatic hydroxyl groups is 1. The minimum absolute atomic E-state index is 0.289. The van der Waals surface area contributed by atoms with Crippen LogP contribution < -0.4 is 14.8 Å². The van der Waals surface area contributed by atoms with E-state index < -0.39 is 5.82 Å². The van der Waals surface area contributed by atoms with Crippen molar-refractivity contribution in [3.8, 4) is 17.2 Å². The molecule has 0 atom stereocenters. The van der Waals surface area contributed by atoms with Crippen molar-refractivity contribution in [2.45, 2.75) is 19.3 Å². The van der Waals surface area contributed by atoms with E-state index in [9.17, 15) is 9.50 Å². The molecular formula is C14H18FNO3. The molecule has 0 saturated carbocycles. The van der Waals surface area contributed by atoms with Crippen LogP contribution in [0.25, 0.3) is 0 Å². The van der Waals surface area contributed by atoms with E-state index in [1.54, 1.807) is 0 Å². The molecule has 0 bridgehead atoms. The standard InChI is InChI=1S/C14H18FNO3/c15-11-8-12-14(19-6-5-18-12)10(13(11)17)7-9-1-3-16-4-2-9/h8-9,16-17H,1-7H2. The molecule has 104 valence electrons. The Balaban J connectivity index is 1.91. The number of nitrogens with one attached hydrogen (secondary N) is 1. The van der Waals surface area contributed by atoms with Crippen molar-refractivity contribution in [1.29, 1.82) is 0 Å². The Labute approximate surface area is 111 Å². The third kappa shape index (κ3) is 2.47. The minimum atomic E-state index is -0.631. The number of phenols is 1. The third-order valence-electron chi connectivity index (χ3n) is 3.81. The third-order valence-corrected chi connectivity index (χ3v) is 3.81. The van der Waals surface area contributed by atoms with Gasteiger partial charge in [0.25, 0.3) is 0 Å². The van der Waals surface area contributed by atoms with Crippen LogP contribution in [0.4, 0.5) is 4.39 Å². The van der Waals surface area contributed by atoms with E-state index in [1.165, 1.54) is 6.07 Å². The second-order valence-corrected chi connectivity index (χ2v) is 5.11. The fraction of sp³-hybridized carbons (Fsp3) is 0.571. The number of ether oxygens (including phenoxy) is 2. The van der Waals surface area contributed by atoms with E-state index in [4.69, 9.17) is 9.47 Å². The molecule has 2 heterocycles. The summed E-state index contributed by atoms with van der Waals surface area (Å²) in [5.74, 6) is 0.453. The fourth-order valence-electron chi connectivity index (χ4n) is 2.77. The molecule has 19 heavy (non-hydrogen) atoms. The molecule has 0 spiro atoms. The normalized spacial score (nSPS) is 19.4. The van der Waals surface area contributed by atoms with Crippen molar-refractivity contribution in [1.82, 2.24) is 5.32 Å². The molecule has 3 rings (SSSR count). The van der Waals surface area contributed by atoms with E-state index >= 15 is 0 Å². The van der Waals surface area contributed by atoms with Gasteiger partial charge in [-0.1, -0.05) is 0 Å². The van der Waals surface area contributed by atoms with Crippen LogP contribution in [0.3, 0.4) is 0 Å². The second-order valence-electron chi connectivity index (χ2n) is 5.11. The van der Waals surface area contributed by atoms with E-state index in [2.05, 4.69) is 5.32 Å². The van der Waals surface area contributed by atoms with Gasteiger partial charge in [-0.3, -0.25) is 0 Å².